The third-order valence-corrected chi connectivity index (χ3v) is 4.37. The molecule has 1 fully saturated rings. The van der Waals surface area contributed by atoms with Gasteiger partial charge in [-0.3, -0.25) is 0 Å². The van der Waals surface area contributed by atoms with Crippen molar-refractivity contribution in [1.82, 2.24) is 0 Å². The summed E-state index contributed by atoms with van der Waals surface area (Å²) in [5.74, 6) is -37.9. The predicted molar refractivity (Wildman–Crippen MR) is 62.5 cm³/mol. The van der Waals surface area contributed by atoms with E-state index in [1.807, 2.05) is 0 Å². The Morgan fingerprint density at radius 2 is 1.15 bits per heavy atom. The lowest BCUT2D eigenvalue weighted by molar-refractivity contribution is -0.440. The van der Waals surface area contributed by atoms with Crippen LogP contribution < -0.4 is 0 Å². The molecule has 0 aliphatic carbocycles. The minimum Gasteiger partial charge on any atom is -0.372 e. The molecular formula is C11H8F14OS. The number of halogens is 14. The van der Waals surface area contributed by atoms with Gasteiger partial charge in [-0.1, -0.05) is 0 Å². The lowest BCUT2D eigenvalue weighted by atomic mass is 9.93. The van der Waals surface area contributed by atoms with Crippen molar-refractivity contribution in [2.24, 2.45) is 0 Å². The van der Waals surface area contributed by atoms with Crippen LogP contribution in [0, 0.1) is 0 Å². The van der Waals surface area contributed by atoms with Crippen LogP contribution in [-0.4, -0.2) is 59.8 Å². The quantitative estimate of drug-likeness (QED) is 0.335. The van der Waals surface area contributed by atoms with Crippen molar-refractivity contribution in [3.8, 4) is 0 Å². The highest BCUT2D eigenvalue weighted by Crippen LogP contribution is 2.61. The summed E-state index contributed by atoms with van der Waals surface area (Å²) in [6.45, 7) is 0.0586. The zero-order valence-corrected chi connectivity index (χ0v) is 13.2. The first kappa shape index (κ1) is 24.4. The molecular weight excluding hydrogens is 446 g/mol. The first-order chi connectivity index (χ1) is 11.7. The summed E-state index contributed by atoms with van der Waals surface area (Å²) in [5.41, 5.74) is -3.05. The number of epoxide rings is 1. The molecule has 1 rings (SSSR count). The minimum absolute atomic E-state index is 0.0586. The van der Waals surface area contributed by atoms with E-state index in [1.165, 1.54) is 0 Å². The Balaban J connectivity index is 3.12. The Hall–Kier alpha value is -0.670. The Labute approximate surface area is 145 Å². The molecule has 27 heavy (non-hydrogen) atoms. The van der Waals surface area contributed by atoms with E-state index in [0.717, 1.165) is 0 Å². The van der Waals surface area contributed by atoms with Crippen molar-refractivity contribution in [2.45, 2.75) is 53.8 Å². The zero-order valence-electron chi connectivity index (χ0n) is 12.4. The Kier molecular flexibility index (Phi) is 6.30. The predicted octanol–water partition coefficient (Wildman–Crippen LogP) is 5.54. The second-order valence-corrected chi connectivity index (χ2v) is 6.58. The molecule has 2 unspecified atom stereocenters. The highest BCUT2D eigenvalue weighted by Gasteiger charge is 2.90. The maximum Gasteiger partial charge on any atom is 0.460 e. The summed E-state index contributed by atoms with van der Waals surface area (Å²) in [5, 5.41) is 0. The molecule has 0 bridgehead atoms. The molecule has 1 nitrogen and oxygen atoms in total. The molecule has 0 N–H and O–H groups in total. The number of rotatable bonds is 9. The topological polar surface area (TPSA) is 12.5 Å². The number of hydrogen-bond donors (Lipinski definition) is 0. The van der Waals surface area contributed by atoms with Gasteiger partial charge < -0.3 is 4.74 Å². The fourth-order valence-electron chi connectivity index (χ4n) is 1.57. The summed E-state index contributed by atoms with van der Waals surface area (Å²) in [6.07, 6.45) is -11.0. The third kappa shape index (κ3) is 4.19. The molecule has 0 aromatic carbocycles. The molecule has 162 valence electrons. The Morgan fingerprint density at radius 1 is 0.741 bits per heavy atom. The maximum atomic E-state index is 13.3. The molecule has 0 amide bonds. The van der Waals surface area contributed by atoms with Gasteiger partial charge in [-0.2, -0.15) is 57.1 Å². The number of hydrogen-bond acceptors (Lipinski definition) is 2. The summed E-state index contributed by atoms with van der Waals surface area (Å²) in [4.78, 5) is 0. The molecule has 0 aromatic rings. The zero-order chi connectivity index (χ0) is 21.7. The van der Waals surface area contributed by atoms with E-state index in [9.17, 15) is 61.5 Å². The van der Waals surface area contributed by atoms with Crippen molar-refractivity contribution in [1.29, 1.82) is 0 Å². The second-order valence-electron chi connectivity index (χ2n) is 5.40. The van der Waals surface area contributed by atoms with E-state index in [1.54, 1.807) is 0 Å². The van der Waals surface area contributed by atoms with Gasteiger partial charge in [0.25, 0.3) is 0 Å². The van der Waals surface area contributed by atoms with Gasteiger partial charge in [-0.15, -0.1) is 11.8 Å². The third-order valence-electron chi connectivity index (χ3n) is 3.28. The standard InChI is InChI=1S/C11H8F14OS/c12-5(27-3-4-2-26-4)1-6(13,14)7(15,16)8(17,18)9(19,20)10(21,22)11(23,24)25/h4-5H,1-3H2. The van der Waals surface area contributed by atoms with Gasteiger partial charge in [0.2, 0.25) is 0 Å². The van der Waals surface area contributed by atoms with E-state index >= 15 is 0 Å². The van der Waals surface area contributed by atoms with Crippen LogP contribution in [-0.2, 0) is 4.74 Å². The Bertz CT molecular complexity index is 526. The van der Waals surface area contributed by atoms with Gasteiger partial charge in [0.1, 0.15) is 0 Å². The van der Waals surface area contributed by atoms with Crippen molar-refractivity contribution < 1.29 is 66.2 Å². The van der Waals surface area contributed by atoms with Crippen molar-refractivity contribution in [2.75, 3.05) is 12.4 Å². The molecule has 1 heterocycles. The molecule has 2 atom stereocenters. The smallest absolute Gasteiger partial charge is 0.372 e. The van der Waals surface area contributed by atoms with Gasteiger partial charge >= 0.3 is 35.8 Å². The van der Waals surface area contributed by atoms with E-state index in [2.05, 4.69) is 4.74 Å². The molecule has 16 heteroatoms. The summed E-state index contributed by atoms with van der Waals surface area (Å²) >= 11 is -0.148. The molecule has 0 aromatic heterocycles. The average Bonchev–Trinajstić information content (AvgIpc) is 3.26. The lowest BCUT2D eigenvalue weighted by Crippen LogP contribution is -2.70. The highest BCUT2D eigenvalue weighted by molar-refractivity contribution is 7.99. The van der Waals surface area contributed by atoms with Crippen LogP contribution in [0.25, 0.3) is 0 Å². The lowest BCUT2D eigenvalue weighted by Gasteiger charge is -2.39. The summed E-state index contributed by atoms with van der Waals surface area (Å²) < 4.78 is 184. The van der Waals surface area contributed by atoms with Crippen molar-refractivity contribution in [3.05, 3.63) is 0 Å². The van der Waals surface area contributed by atoms with Gasteiger partial charge in [0.15, 0.2) is 5.50 Å². The highest BCUT2D eigenvalue weighted by atomic mass is 32.2. The average molecular weight is 454 g/mol. The van der Waals surface area contributed by atoms with Crippen LogP contribution >= 0.6 is 11.8 Å². The molecule has 1 aliphatic heterocycles. The first-order valence-corrected chi connectivity index (χ1v) is 7.60. The Morgan fingerprint density at radius 3 is 1.52 bits per heavy atom. The number of alkyl halides is 14. The van der Waals surface area contributed by atoms with Gasteiger partial charge in [0.05, 0.1) is 19.1 Å². The summed E-state index contributed by atoms with van der Waals surface area (Å²) in [7, 11) is 0. The van der Waals surface area contributed by atoms with Gasteiger partial charge in [0, 0.05) is 5.75 Å². The van der Waals surface area contributed by atoms with E-state index < -0.39 is 59.6 Å². The number of thioether (sulfide) groups is 1. The fraction of sp³-hybridized carbons (Fsp3) is 1.00. The molecule has 0 spiro atoms. The van der Waals surface area contributed by atoms with Gasteiger partial charge in [-0.25, -0.2) is 4.39 Å². The van der Waals surface area contributed by atoms with Crippen molar-refractivity contribution in [3.63, 3.8) is 0 Å². The van der Waals surface area contributed by atoms with Crippen LogP contribution in [0.3, 0.4) is 0 Å². The second kappa shape index (κ2) is 6.99. The molecule has 1 aliphatic rings. The maximum absolute atomic E-state index is 13.3. The van der Waals surface area contributed by atoms with E-state index in [4.69, 9.17) is 0 Å². The normalized spacial score (nSPS) is 21.3. The molecule has 1 saturated heterocycles. The molecule has 0 saturated carbocycles. The van der Waals surface area contributed by atoms with Crippen molar-refractivity contribution >= 4 is 11.8 Å². The monoisotopic (exact) mass is 454 g/mol. The SMILES string of the molecule is FC(CC(F)(F)C(F)(F)C(F)(F)C(F)(F)C(F)(F)C(F)(F)F)SCC1CO1. The van der Waals surface area contributed by atoms with E-state index in [0.29, 0.717) is 0 Å². The van der Waals surface area contributed by atoms with E-state index in [-0.39, 0.29) is 18.4 Å². The number of ether oxygens (including phenoxy) is 1. The van der Waals surface area contributed by atoms with Gasteiger partial charge in [-0.05, 0) is 0 Å². The largest absolute Gasteiger partial charge is 0.460 e. The van der Waals surface area contributed by atoms with Crippen LogP contribution in [0.4, 0.5) is 61.5 Å². The van der Waals surface area contributed by atoms with Crippen LogP contribution in [0.5, 0.6) is 0 Å². The van der Waals surface area contributed by atoms with Crippen LogP contribution in [0.1, 0.15) is 6.42 Å². The minimum atomic E-state index is -7.97. The molecule has 0 radical (unpaired) electrons. The van der Waals surface area contributed by atoms with Crippen LogP contribution in [0.2, 0.25) is 0 Å². The summed E-state index contributed by atoms with van der Waals surface area (Å²) in [6, 6.07) is 0. The fourth-order valence-corrected chi connectivity index (χ4v) is 2.51. The van der Waals surface area contributed by atoms with Crippen LogP contribution in [0.15, 0.2) is 0 Å². The first-order valence-electron chi connectivity index (χ1n) is 6.55.